The van der Waals surface area contributed by atoms with Gasteiger partial charge in [0.25, 0.3) is 0 Å². The van der Waals surface area contributed by atoms with Crippen molar-refractivity contribution >= 4 is 34.0 Å². The van der Waals surface area contributed by atoms with E-state index < -0.39 is 0 Å². The number of hydrazone groups is 1. The molecule has 1 rings (SSSR count). The highest BCUT2D eigenvalue weighted by atomic mass is 79.9. The Morgan fingerprint density at radius 3 is 2.92 bits per heavy atom. The van der Waals surface area contributed by atoms with Gasteiger partial charge in [-0.15, -0.1) is 0 Å². The average Bonchev–Trinajstić information content (AvgIpc) is 2.19. The molecule has 0 saturated carbocycles. The van der Waals surface area contributed by atoms with E-state index in [9.17, 15) is 0 Å². The lowest BCUT2D eigenvalue weighted by atomic mass is 10.2. The summed E-state index contributed by atoms with van der Waals surface area (Å²) in [6.45, 7) is 0. The van der Waals surface area contributed by atoms with Gasteiger partial charge in [-0.05, 0) is 11.6 Å². The Labute approximate surface area is 85.5 Å². The van der Waals surface area contributed by atoms with E-state index in [1.807, 2.05) is 24.3 Å². The quantitative estimate of drug-likeness (QED) is 0.474. The molecule has 0 bridgehead atoms. The fraction of sp³-hybridized carbons (Fsp3) is 0.111. The Balaban J connectivity index is 2.74. The number of nitrogens with one attached hydrogen (secondary N) is 2. The second-order valence-electron chi connectivity index (χ2n) is 2.35. The maximum atomic E-state index is 6.74. The molecule has 68 valence electrons. The Bertz CT molecular complexity index is 309. The van der Waals surface area contributed by atoms with Crippen LogP contribution in [0.5, 0.6) is 0 Å². The van der Waals surface area contributed by atoms with Gasteiger partial charge in [-0.1, -0.05) is 34.1 Å². The molecule has 0 spiro atoms. The summed E-state index contributed by atoms with van der Waals surface area (Å²) in [5.74, 6) is 0. The summed E-state index contributed by atoms with van der Waals surface area (Å²) < 4.78 is 0. The van der Waals surface area contributed by atoms with Crippen LogP contribution < -0.4 is 5.43 Å². The molecule has 0 amide bonds. The lowest BCUT2D eigenvalue weighted by Crippen LogP contribution is -1.93. The summed E-state index contributed by atoms with van der Waals surface area (Å²) in [6, 6.07) is 7.87. The van der Waals surface area contributed by atoms with Gasteiger partial charge >= 0.3 is 0 Å². The number of anilines is 1. The molecule has 0 aliphatic rings. The minimum Gasteiger partial charge on any atom is -0.307 e. The van der Waals surface area contributed by atoms with E-state index in [4.69, 9.17) is 5.41 Å². The number of hydrogen-bond acceptors (Lipinski definition) is 3. The molecule has 0 fully saturated rings. The largest absolute Gasteiger partial charge is 0.307 e. The Kier molecular flexibility index (Phi) is 4.18. The molecule has 13 heavy (non-hydrogen) atoms. The predicted molar refractivity (Wildman–Crippen MR) is 60.0 cm³/mol. The Hall–Kier alpha value is -1.16. The zero-order valence-electron chi connectivity index (χ0n) is 7.00. The molecule has 0 aromatic heterocycles. The number of hydrogen-bond donors (Lipinski definition) is 2. The number of alkyl halides is 1. The van der Waals surface area contributed by atoms with Crippen molar-refractivity contribution in [3.63, 3.8) is 0 Å². The van der Waals surface area contributed by atoms with E-state index in [1.165, 1.54) is 6.21 Å². The number of benzene rings is 1. The van der Waals surface area contributed by atoms with Gasteiger partial charge in [-0.3, -0.25) is 5.43 Å². The van der Waals surface area contributed by atoms with Crippen molar-refractivity contribution in [2.75, 3.05) is 5.43 Å². The molecule has 0 atom stereocenters. The van der Waals surface area contributed by atoms with E-state index >= 15 is 0 Å². The number of nitrogens with zero attached hydrogens (tertiary/aromatic N) is 1. The number of halogens is 1. The molecule has 4 heteroatoms. The normalized spacial score (nSPS) is 10.2. The van der Waals surface area contributed by atoms with Crippen LogP contribution >= 0.6 is 15.9 Å². The highest BCUT2D eigenvalue weighted by Gasteiger charge is 1.96. The SMILES string of the molecule is N=C/C=N\Nc1ccccc1CBr. The highest BCUT2D eigenvalue weighted by Crippen LogP contribution is 2.17. The summed E-state index contributed by atoms with van der Waals surface area (Å²) in [5, 5.41) is 11.4. The summed E-state index contributed by atoms with van der Waals surface area (Å²) in [7, 11) is 0. The first-order valence-electron chi connectivity index (χ1n) is 3.80. The second-order valence-corrected chi connectivity index (χ2v) is 2.91. The van der Waals surface area contributed by atoms with Crippen LogP contribution in [0.3, 0.4) is 0 Å². The van der Waals surface area contributed by atoms with Crippen LogP contribution in [0.15, 0.2) is 29.4 Å². The average molecular weight is 240 g/mol. The first-order valence-corrected chi connectivity index (χ1v) is 4.92. The maximum absolute atomic E-state index is 6.74. The summed E-state index contributed by atoms with van der Waals surface area (Å²) in [4.78, 5) is 0. The Morgan fingerprint density at radius 2 is 2.23 bits per heavy atom. The van der Waals surface area contributed by atoms with Gasteiger partial charge in [0, 0.05) is 11.5 Å². The summed E-state index contributed by atoms with van der Waals surface area (Å²) >= 11 is 3.38. The van der Waals surface area contributed by atoms with Crippen LogP contribution in [0.25, 0.3) is 0 Å². The van der Waals surface area contributed by atoms with Crippen LogP contribution in [0.4, 0.5) is 5.69 Å². The predicted octanol–water partition coefficient (Wildman–Crippen LogP) is 2.63. The fourth-order valence-corrected chi connectivity index (χ4v) is 1.38. The monoisotopic (exact) mass is 239 g/mol. The zero-order chi connectivity index (χ0) is 9.52. The van der Waals surface area contributed by atoms with Gasteiger partial charge in [0.1, 0.15) is 0 Å². The number of para-hydroxylation sites is 1. The van der Waals surface area contributed by atoms with Gasteiger partial charge in [0.2, 0.25) is 0 Å². The van der Waals surface area contributed by atoms with Gasteiger partial charge in [0.15, 0.2) is 0 Å². The van der Waals surface area contributed by atoms with E-state index in [1.54, 1.807) is 0 Å². The molecule has 0 heterocycles. The zero-order valence-corrected chi connectivity index (χ0v) is 8.58. The molecule has 1 aromatic carbocycles. The number of rotatable bonds is 4. The van der Waals surface area contributed by atoms with Gasteiger partial charge in [-0.2, -0.15) is 5.10 Å². The Morgan fingerprint density at radius 1 is 1.46 bits per heavy atom. The van der Waals surface area contributed by atoms with Crippen molar-refractivity contribution in [3.8, 4) is 0 Å². The molecule has 0 radical (unpaired) electrons. The molecule has 0 aliphatic carbocycles. The van der Waals surface area contributed by atoms with Crippen molar-refractivity contribution in [1.29, 1.82) is 5.41 Å². The summed E-state index contributed by atoms with van der Waals surface area (Å²) in [5.41, 5.74) is 4.95. The molecular weight excluding hydrogens is 230 g/mol. The first-order chi connectivity index (χ1) is 6.38. The molecular formula is C9H10BrN3. The van der Waals surface area contributed by atoms with E-state index in [0.29, 0.717) is 0 Å². The molecule has 0 aliphatic heterocycles. The van der Waals surface area contributed by atoms with Crippen molar-refractivity contribution in [1.82, 2.24) is 0 Å². The van der Waals surface area contributed by atoms with Crippen molar-refractivity contribution < 1.29 is 0 Å². The highest BCUT2D eigenvalue weighted by molar-refractivity contribution is 9.08. The third kappa shape index (κ3) is 2.99. The fourth-order valence-electron chi connectivity index (χ4n) is 0.890. The van der Waals surface area contributed by atoms with Crippen molar-refractivity contribution in [2.45, 2.75) is 5.33 Å². The van der Waals surface area contributed by atoms with E-state index in [2.05, 4.69) is 26.5 Å². The van der Waals surface area contributed by atoms with Crippen molar-refractivity contribution in [3.05, 3.63) is 29.8 Å². The van der Waals surface area contributed by atoms with Gasteiger partial charge < -0.3 is 5.41 Å². The van der Waals surface area contributed by atoms with Crippen LogP contribution in [-0.2, 0) is 5.33 Å². The van der Waals surface area contributed by atoms with E-state index in [0.717, 1.165) is 22.8 Å². The summed E-state index contributed by atoms with van der Waals surface area (Å²) in [6.07, 6.45) is 2.52. The van der Waals surface area contributed by atoms with Crippen LogP contribution in [-0.4, -0.2) is 12.4 Å². The third-order valence-electron chi connectivity index (χ3n) is 1.50. The maximum Gasteiger partial charge on any atom is 0.0648 e. The molecule has 0 saturated heterocycles. The first kappa shape index (κ1) is 9.92. The lowest BCUT2D eigenvalue weighted by molar-refractivity contribution is 1.31. The minimum absolute atomic E-state index is 0.788. The topological polar surface area (TPSA) is 48.2 Å². The molecule has 2 N–H and O–H groups in total. The molecule has 3 nitrogen and oxygen atoms in total. The van der Waals surface area contributed by atoms with Crippen LogP contribution in [0.1, 0.15) is 5.56 Å². The van der Waals surface area contributed by atoms with Crippen LogP contribution in [0, 0.1) is 5.41 Å². The third-order valence-corrected chi connectivity index (χ3v) is 2.10. The standard InChI is InChI=1S/C9H10BrN3/c10-7-8-3-1-2-4-9(8)13-12-6-5-11/h1-6,11,13H,7H2/b11-5?,12-6-. The van der Waals surface area contributed by atoms with Gasteiger partial charge in [0.05, 0.1) is 11.9 Å². The second kappa shape index (κ2) is 5.48. The van der Waals surface area contributed by atoms with E-state index in [-0.39, 0.29) is 0 Å². The molecule has 1 aromatic rings. The van der Waals surface area contributed by atoms with Gasteiger partial charge in [-0.25, -0.2) is 0 Å². The van der Waals surface area contributed by atoms with Crippen molar-refractivity contribution in [2.24, 2.45) is 5.10 Å². The lowest BCUT2D eigenvalue weighted by Gasteiger charge is -2.04. The van der Waals surface area contributed by atoms with Crippen LogP contribution in [0.2, 0.25) is 0 Å². The minimum atomic E-state index is 0.788. The smallest absolute Gasteiger partial charge is 0.0648 e. The molecule has 0 unspecified atom stereocenters.